The molecular weight excluding hydrogens is 258 g/mol. The van der Waals surface area contributed by atoms with Gasteiger partial charge in [-0.2, -0.15) is 0 Å². The minimum atomic E-state index is -0.708. The first-order chi connectivity index (χ1) is 9.16. The number of fused-ring (bicyclic) bond motifs is 2. The van der Waals surface area contributed by atoms with Crippen molar-refractivity contribution in [1.29, 1.82) is 0 Å². The second kappa shape index (κ2) is 4.72. The lowest BCUT2D eigenvalue weighted by Gasteiger charge is -2.14. The Hall–Kier alpha value is -1.78. The van der Waals surface area contributed by atoms with Crippen LogP contribution in [0, 0.1) is 0 Å². The van der Waals surface area contributed by atoms with Gasteiger partial charge in [-0.1, -0.05) is 24.3 Å². The largest absolute Gasteiger partial charge is 0.384 e. The molecule has 0 spiro atoms. The van der Waals surface area contributed by atoms with Crippen LogP contribution < -0.4 is 5.73 Å². The third-order valence-electron chi connectivity index (χ3n) is 3.32. The number of carbonyl (C=O) groups is 1. The van der Waals surface area contributed by atoms with E-state index < -0.39 is 12.0 Å². The van der Waals surface area contributed by atoms with Gasteiger partial charge in [0, 0.05) is 16.2 Å². The smallest absolute Gasteiger partial charge is 0.248 e. The molecule has 4 heteroatoms. The van der Waals surface area contributed by atoms with Crippen molar-refractivity contribution in [1.82, 2.24) is 0 Å². The summed E-state index contributed by atoms with van der Waals surface area (Å²) in [5, 5.41) is 10.5. The molecule has 0 bridgehead atoms. The molecule has 0 saturated heterocycles. The maximum atomic E-state index is 11.3. The molecule has 0 radical (unpaired) electrons. The summed E-state index contributed by atoms with van der Waals surface area (Å²) < 4.78 is 0. The number of aliphatic hydroxyl groups excluding tert-OH is 1. The summed E-state index contributed by atoms with van der Waals surface area (Å²) in [7, 11) is 0. The Bertz CT molecular complexity index is 654. The average molecular weight is 271 g/mol. The van der Waals surface area contributed by atoms with Crippen molar-refractivity contribution in [3.05, 3.63) is 64.7 Å². The van der Waals surface area contributed by atoms with Gasteiger partial charge < -0.3 is 10.8 Å². The molecule has 2 aromatic rings. The van der Waals surface area contributed by atoms with Gasteiger partial charge in [0.15, 0.2) is 0 Å². The lowest BCUT2D eigenvalue weighted by Crippen LogP contribution is -2.12. The van der Waals surface area contributed by atoms with Crippen LogP contribution in [0.25, 0.3) is 0 Å². The molecule has 1 atom stereocenters. The number of carbonyl (C=O) groups excluding carboxylic acids is 1. The van der Waals surface area contributed by atoms with Crippen LogP contribution in [0.4, 0.5) is 0 Å². The molecule has 0 aliphatic carbocycles. The van der Waals surface area contributed by atoms with Crippen molar-refractivity contribution in [2.45, 2.75) is 16.8 Å². The highest BCUT2D eigenvalue weighted by atomic mass is 32.2. The molecule has 1 unspecified atom stereocenters. The SMILES string of the molecule is NC(=O)c1ccc2c(c1)C(O)c1ccccc1CS2. The predicted octanol–water partition coefficient (Wildman–Crippen LogP) is 2.47. The minimum absolute atomic E-state index is 0.429. The number of aliphatic hydroxyl groups is 1. The number of amides is 1. The fourth-order valence-corrected chi connectivity index (χ4v) is 3.38. The number of thioether (sulfide) groups is 1. The molecule has 19 heavy (non-hydrogen) atoms. The summed E-state index contributed by atoms with van der Waals surface area (Å²) in [6.45, 7) is 0. The van der Waals surface area contributed by atoms with Crippen LogP contribution in [-0.2, 0) is 5.75 Å². The number of rotatable bonds is 1. The van der Waals surface area contributed by atoms with Crippen LogP contribution in [0.5, 0.6) is 0 Å². The molecule has 1 aliphatic heterocycles. The average Bonchev–Trinajstić information content (AvgIpc) is 2.57. The number of hydrogen-bond acceptors (Lipinski definition) is 3. The second-order valence-electron chi connectivity index (χ2n) is 4.51. The number of primary amides is 1. The van der Waals surface area contributed by atoms with Crippen molar-refractivity contribution >= 4 is 17.7 Å². The highest BCUT2D eigenvalue weighted by molar-refractivity contribution is 7.98. The highest BCUT2D eigenvalue weighted by Crippen LogP contribution is 2.39. The molecule has 96 valence electrons. The van der Waals surface area contributed by atoms with E-state index in [4.69, 9.17) is 5.73 Å². The first-order valence-corrected chi connectivity index (χ1v) is 6.98. The Morgan fingerprint density at radius 2 is 2.00 bits per heavy atom. The first-order valence-electron chi connectivity index (χ1n) is 5.99. The number of benzene rings is 2. The van der Waals surface area contributed by atoms with Crippen molar-refractivity contribution in [3.63, 3.8) is 0 Å². The molecule has 3 N–H and O–H groups in total. The van der Waals surface area contributed by atoms with E-state index in [9.17, 15) is 9.90 Å². The van der Waals surface area contributed by atoms with Gasteiger partial charge in [0.2, 0.25) is 5.91 Å². The number of hydrogen-bond donors (Lipinski definition) is 2. The zero-order valence-corrected chi connectivity index (χ0v) is 11.0. The zero-order valence-electron chi connectivity index (χ0n) is 10.2. The van der Waals surface area contributed by atoms with E-state index >= 15 is 0 Å². The van der Waals surface area contributed by atoms with Gasteiger partial charge >= 0.3 is 0 Å². The Morgan fingerprint density at radius 3 is 2.79 bits per heavy atom. The molecule has 0 fully saturated rings. The zero-order chi connectivity index (χ0) is 13.4. The Kier molecular flexibility index (Phi) is 3.05. The minimum Gasteiger partial charge on any atom is -0.384 e. The van der Waals surface area contributed by atoms with E-state index in [0.717, 1.165) is 27.3 Å². The van der Waals surface area contributed by atoms with Gasteiger partial charge in [-0.3, -0.25) is 4.79 Å². The van der Waals surface area contributed by atoms with E-state index in [1.165, 1.54) is 0 Å². The van der Waals surface area contributed by atoms with Crippen LogP contribution in [0.3, 0.4) is 0 Å². The lowest BCUT2D eigenvalue weighted by atomic mass is 9.96. The molecule has 1 aliphatic rings. The standard InChI is InChI=1S/C15H13NO2S/c16-15(18)9-5-6-13-12(7-9)14(17)11-4-2-1-3-10(11)8-19-13/h1-7,14,17H,8H2,(H2,16,18). The molecule has 1 heterocycles. The highest BCUT2D eigenvalue weighted by Gasteiger charge is 2.22. The topological polar surface area (TPSA) is 63.3 Å². The van der Waals surface area contributed by atoms with Crippen LogP contribution in [-0.4, -0.2) is 11.0 Å². The van der Waals surface area contributed by atoms with E-state index in [-0.39, 0.29) is 0 Å². The summed E-state index contributed by atoms with van der Waals surface area (Å²) in [6, 6.07) is 13.1. The van der Waals surface area contributed by atoms with Crippen molar-refractivity contribution in [2.24, 2.45) is 5.73 Å². The molecule has 3 nitrogen and oxygen atoms in total. The van der Waals surface area contributed by atoms with E-state index in [2.05, 4.69) is 0 Å². The van der Waals surface area contributed by atoms with E-state index in [0.29, 0.717) is 5.56 Å². The van der Waals surface area contributed by atoms with Crippen LogP contribution in [0.1, 0.15) is 33.2 Å². The van der Waals surface area contributed by atoms with Crippen LogP contribution >= 0.6 is 11.8 Å². The Labute approximate surface area is 115 Å². The molecule has 1 amide bonds. The monoisotopic (exact) mass is 271 g/mol. The molecule has 0 aromatic heterocycles. The van der Waals surface area contributed by atoms with Crippen LogP contribution in [0.15, 0.2) is 47.4 Å². The molecular formula is C15H13NO2S. The van der Waals surface area contributed by atoms with Gasteiger partial charge in [-0.15, -0.1) is 11.8 Å². The summed E-state index contributed by atoms with van der Waals surface area (Å²) in [6.07, 6.45) is -0.708. The fraction of sp³-hybridized carbons (Fsp3) is 0.133. The number of nitrogens with two attached hydrogens (primary N) is 1. The molecule has 3 rings (SSSR count). The van der Waals surface area contributed by atoms with Crippen molar-refractivity contribution in [3.8, 4) is 0 Å². The third-order valence-corrected chi connectivity index (χ3v) is 4.46. The Morgan fingerprint density at radius 1 is 1.21 bits per heavy atom. The molecule has 0 saturated carbocycles. The van der Waals surface area contributed by atoms with Gasteiger partial charge in [0.1, 0.15) is 6.10 Å². The van der Waals surface area contributed by atoms with Crippen LogP contribution in [0.2, 0.25) is 0 Å². The summed E-state index contributed by atoms with van der Waals surface area (Å²) in [5.41, 5.74) is 8.50. The first kappa shape index (κ1) is 12.3. The molecule has 2 aromatic carbocycles. The van der Waals surface area contributed by atoms with E-state index in [1.807, 2.05) is 30.3 Å². The quantitative estimate of drug-likeness (QED) is 0.837. The lowest BCUT2D eigenvalue weighted by molar-refractivity contribution is 0.1000. The fourth-order valence-electron chi connectivity index (χ4n) is 2.30. The Balaban J connectivity index is 2.15. The van der Waals surface area contributed by atoms with Crippen molar-refractivity contribution in [2.75, 3.05) is 0 Å². The predicted molar refractivity (Wildman–Crippen MR) is 75.0 cm³/mol. The van der Waals surface area contributed by atoms with Crippen molar-refractivity contribution < 1.29 is 9.90 Å². The maximum Gasteiger partial charge on any atom is 0.248 e. The second-order valence-corrected chi connectivity index (χ2v) is 5.52. The van der Waals surface area contributed by atoms with E-state index in [1.54, 1.807) is 23.9 Å². The van der Waals surface area contributed by atoms with Gasteiger partial charge in [0.25, 0.3) is 0 Å². The van der Waals surface area contributed by atoms with Gasteiger partial charge in [0.05, 0.1) is 0 Å². The maximum absolute atomic E-state index is 11.3. The van der Waals surface area contributed by atoms with Gasteiger partial charge in [-0.05, 0) is 34.9 Å². The summed E-state index contributed by atoms with van der Waals surface area (Å²) in [5.74, 6) is 0.341. The normalized spacial score (nSPS) is 17.2. The summed E-state index contributed by atoms with van der Waals surface area (Å²) in [4.78, 5) is 12.3. The summed E-state index contributed by atoms with van der Waals surface area (Å²) >= 11 is 1.66. The third kappa shape index (κ3) is 2.13. The van der Waals surface area contributed by atoms with Gasteiger partial charge in [-0.25, -0.2) is 0 Å².